The maximum Gasteiger partial charge on any atom is 0.412 e. The molecule has 1 aliphatic rings. The first-order valence-corrected chi connectivity index (χ1v) is 8.28. The predicted molar refractivity (Wildman–Crippen MR) is 80.9 cm³/mol. The van der Waals surface area contributed by atoms with Crippen LogP contribution in [0.25, 0.3) is 0 Å². The Morgan fingerprint density at radius 1 is 1.33 bits per heavy atom. The van der Waals surface area contributed by atoms with Crippen molar-refractivity contribution in [1.82, 2.24) is 0 Å². The van der Waals surface area contributed by atoms with E-state index in [0.29, 0.717) is 18.5 Å². The zero-order valence-corrected chi connectivity index (χ0v) is 13.2. The molecule has 1 amide bonds. The van der Waals surface area contributed by atoms with Crippen molar-refractivity contribution in [3.63, 3.8) is 0 Å². The number of anilines is 2. The highest BCUT2D eigenvalue weighted by Gasteiger charge is 2.38. The summed E-state index contributed by atoms with van der Waals surface area (Å²) >= 11 is 0. The quantitative estimate of drug-likeness (QED) is 0.836. The first-order valence-electron chi connectivity index (χ1n) is 6.73. The Hall–Kier alpha value is -1.76. The summed E-state index contributed by atoms with van der Waals surface area (Å²) in [4.78, 5) is 11.8. The van der Waals surface area contributed by atoms with Crippen molar-refractivity contribution >= 4 is 27.3 Å². The molecule has 0 radical (unpaired) electrons. The van der Waals surface area contributed by atoms with E-state index in [1.54, 1.807) is 26.8 Å². The van der Waals surface area contributed by atoms with Gasteiger partial charge in [0.05, 0.1) is 15.8 Å². The second-order valence-electron chi connectivity index (χ2n) is 6.12. The molecule has 0 aliphatic heterocycles. The SMILES string of the molecule is CC(C)(C)OC(=O)Nc1ccc(N)c(S(=O)(=O)C2CC2)c1. The Kier molecular flexibility index (Phi) is 3.88. The van der Waals surface area contributed by atoms with Gasteiger partial charge in [0.25, 0.3) is 0 Å². The Labute approximate surface area is 124 Å². The molecule has 0 unspecified atom stereocenters. The summed E-state index contributed by atoms with van der Waals surface area (Å²) in [6.45, 7) is 5.25. The molecule has 6 nitrogen and oxygen atoms in total. The summed E-state index contributed by atoms with van der Waals surface area (Å²) in [5.74, 6) is 0. The van der Waals surface area contributed by atoms with Crippen molar-refractivity contribution in [3.05, 3.63) is 18.2 Å². The summed E-state index contributed by atoms with van der Waals surface area (Å²) in [7, 11) is -3.41. The molecule has 7 heteroatoms. The number of rotatable bonds is 3. The molecule has 1 aromatic carbocycles. The lowest BCUT2D eigenvalue weighted by atomic mass is 10.2. The van der Waals surface area contributed by atoms with Gasteiger partial charge >= 0.3 is 6.09 Å². The molecular formula is C14H20N2O4S. The highest BCUT2D eigenvalue weighted by molar-refractivity contribution is 7.92. The van der Waals surface area contributed by atoms with Gasteiger partial charge in [-0.2, -0.15) is 0 Å². The minimum Gasteiger partial charge on any atom is -0.444 e. The number of hydrogen-bond acceptors (Lipinski definition) is 5. The Balaban J connectivity index is 2.21. The van der Waals surface area contributed by atoms with Crippen LogP contribution in [-0.2, 0) is 14.6 Å². The molecule has 0 spiro atoms. The van der Waals surface area contributed by atoms with Gasteiger partial charge in [-0.15, -0.1) is 0 Å². The van der Waals surface area contributed by atoms with E-state index in [9.17, 15) is 13.2 Å². The number of carbonyl (C=O) groups excluding carboxylic acids is 1. The second kappa shape index (κ2) is 5.22. The van der Waals surface area contributed by atoms with Crippen molar-refractivity contribution in [2.75, 3.05) is 11.1 Å². The molecular weight excluding hydrogens is 292 g/mol. The lowest BCUT2D eigenvalue weighted by molar-refractivity contribution is 0.0636. The van der Waals surface area contributed by atoms with Gasteiger partial charge in [0.15, 0.2) is 9.84 Å². The maximum atomic E-state index is 12.3. The van der Waals surface area contributed by atoms with Gasteiger partial charge in [-0.25, -0.2) is 13.2 Å². The molecule has 3 N–H and O–H groups in total. The number of ether oxygens (including phenoxy) is 1. The number of amides is 1. The molecule has 0 aromatic heterocycles. The number of nitrogens with two attached hydrogens (primary N) is 1. The van der Waals surface area contributed by atoms with Crippen LogP contribution in [0.2, 0.25) is 0 Å². The summed E-state index contributed by atoms with van der Waals surface area (Å²) in [5.41, 5.74) is 5.66. The van der Waals surface area contributed by atoms with Crippen LogP contribution in [0.4, 0.5) is 16.2 Å². The van der Waals surface area contributed by atoms with Gasteiger partial charge in [0, 0.05) is 5.69 Å². The molecule has 1 aromatic rings. The van der Waals surface area contributed by atoms with E-state index in [4.69, 9.17) is 10.5 Å². The first-order chi connectivity index (χ1) is 9.59. The van der Waals surface area contributed by atoms with Crippen LogP contribution >= 0.6 is 0 Å². The molecule has 0 heterocycles. The van der Waals surface area contributed by atoms with E-state index in [1.165, 1.54) is 12.1 Å². The average Bonchev–Trinajstić information content (AvgIpc) is 3.13. The third-order valence-electron chi connectivity index (χ3n) is 2.93. The molecule has 0 bridgehead atoms. The Morgan fingerprint density at radius 2 is 1.95 bits per heavy atom. The van der Waals surface area contributed by atoms with Crippen molar-refractivity contribution in [3.8, 4) is 0 Å². The van der Waals surface area contributed by atoms with Crippen LogP contribution in [-0.4, -0.2) is 25.4 Å². The standard InChI is InChI=1S/C14H20N2O4S/c1-14(2,3)20-13(17)16-9-4-7-11(15)12(8-9)21(18,19)10-5-6-10/h4,7-8,10H,5-6,15H2,1-3H3,(H,16,17). The van der Waals surface area contributed by atoms with Crippen molar-refractivity contribution in [2.45, 2.75) is 49.4 Å². The van der Waals surface area contributed by atoms with Gasteiger partial charge in [-0.1, -0.05) is 0 Å². The zero-order valence-electron chi connectivity index (χ0n) is 12.3. The summed E-state index contributed by atoms with van der Waals surface area (Å²) in [6, 6.07) is 4.40. The number of benzene rings is 1. The number of hydrogen-bond donors (Lipinski definition) is 2. The van der Waals surface area contributed by atoms with Crippen molar-refractivity contribution < 1.29 is 17.9 Å². The molecule has 0 atom stereocenters. The van der Waals surface area contributed by atoms with E-state index < -0.39 is 21.5 Å². The van der Waals surface area contributed by atoms with Gasteiger partial charge in [0.2, 0.25) is 0 Å². The van der Waals surface area contributed by atoms with Crippen LogP contribution in [0.1, 0.15) is 33.6 Å². The third-order valence-corrected chi connectivity index (χ3v) is 5.24. The summed E-state index contributed by atoms with van der Waals surface area (Å²) in [6.07, 6.45) is 0.679. The predicted octanol–water partition coefficient (Wildman–Crippen LogP) is 2.55. The Morgan fingerprint density at radius 3 is 2.48 bits per heavy atom. The highest BCUT2D eigenvalue weighted by Crippen LogP contribution is 2.36. The van der Waals surface area contributed by atoms with Gasteiger partial charge in [-0.05, 0) is 51.8 Å². The average molecular weight is 312 g/mol. The molecule has 0 saturated heterocycles. The van der Waals surface area contributed by atoms with Crippen LogP contribution in [0.15, 0.2) is 23.1 Å². The minimum atomic E-state index is -3.41. The molecule has 2 rings (SSSR count). The van der Waals surface area contributed by atoms with E-state index in [1.807, 2.05) is 0 Å². The van der Waals surface area contributed by atoms with Crippen molar-refractivity contribution in [2.24, 2.45) is 0 Å². The number of nitrogens with one attached hydrogen (secondary N) is 1. The number of nitrogen functional groups attached to an aromatic ring is 1. The van der Waals surface area contributed by atoms with E-state index in [-0.39, 0.29) is 15.8 Å². The van der Waals surface area contributed by atoms with E-state index >= 15 is 0 Å². The van der Waals surface area contributed by atoms with Gasteiger partial charge in [-0.3, -0.25) is 5.32 Å². The molecule has 1 saturated carbocycles. The molecule has 1 fully saturated rings. The van der Waals surface area contributed by atoms with Crippen LogP contribution in [0.3, 0.4) is 0 Å². The summed E-state index contributed by atoms with van der Waals surface area (Å²) in [5, 5.41) is 2.17. The number of carbonyl (C=O) groups is 1. The van der Waals surface area contributed by atoms with Crippen LogP contribution in [0, 0.1) is 0 Å². The maximum absolute atomic E-state index is 12.3. The fourth-order valence-corrected chi connectivity index (χ4v) is 3.64. The van der Waals surface area contributed by atoms with Crippen LogP contribution in [0.5, 0.6) is 0 Å². The first kappa shape index (κ1) is 15.6. The normalized spacial score (nSPS) is 15.6. The number of sulfone groups is 1. The third kappa shape index (κ3) is 3.87. The highest BCUT2D eigenvalue weighted by atomic mass is 32.2. The van der Waals surface area contributed by atoms with E-state index in [0.717, 1.165) is 0 Å². The fraction of sp³-hybridized carbons (Fsp3) is 0.500. The minimum absolute atomic E-state index is 0.0681. The lowest BCUT2D eigenvalue weighted by Crippen LogP contribution is -2.27. The van der Waals surface area contributed by atoms with Crippen molar-refractivity contribution in [1.29, 1.82) is 0 Å². The van der Waals surface area contributed by atoms with Gasteiger partial charge in [0.1, 0.15) is 5.60 Å². The second-order valence-corrected chi connectivity index (χ2v) is 8.32. The molecule has 116 valence electrons. The Bertz CT molecular complexity index is 658. The zero-order chi connectivity index (χ0) is 15.8. The molecule has 1 aliphatic carbocycles. The monoisotopic (exact) mass is 312 g/mol. The van der Waals surface area contributed by atoms with E-state index in [2.05, 4.69) is 5.32 Å². The lowest BCUT2D eigenvalue weighted by Gasteiger charge is -2.20. The van der Waals surface area contributed by atoms with Crippen LogP contribution < -0.4 is 11.1 Å². The smallest absolute Gasteiger partial charge is 0.412 e. The fourth-order valence-electron chi connectivity index (χ4n) is 1.84. The summed E-state index contributed by atoms with van der Waals surface area (Å²) < 4.78 is 29.6. The molecule has 21 heavy (non-hydrogen) atoms. The van der Waals surface area contributed by atoms with Gasteiger partial charge < -0.3 is 10.5 Å². The topological polar surface area (TPSA) is 98.5 Å². The largest absolute Gasteiger partial charge is 0.444 e.